The standard InChI is InChI=1S/C13H17N3O3/c1-2-5-15-8-11(14-9-15)7-10-4-3-6-16(12(10)17)13(18)19/h7-9H,2-6H2,1H3,(H,18,19)/b10-7+. The number of hydrogen-bond donors (Lipinski definition) is 1. The van der Waals surface area contributed by atoms with Crippen LogP contribution in [-0.4, -0.2) is 38.1 Å². The van der Waals surface area contributed by atoms with E-state index in [4.69, 9.17) is 5.11 Å². The van der Waals surface area contributed by atoms with Crippen LogP contribution in [0, 0.1) is 0 Å². The maximum Gasteiger partial charge on any atom is 0.414 e. The average Bonchev–Trinajstić information content (AvgIpc) is 2.79. The molecule has 0 saturated carbocycles. The summed E-state index contributed by atoms with van der Waals surface area (Å²) in [5.74, 6) is -0.427. The maximum atomic E-state index is 11.9. The van der Waals surface area contributed by atoms with Crippen molar-refractivity contribution in [2.75, 3.05) is 6.54 Å². The fourth-order valence-electron chi connectivity index (χ4n) is 2.14. The summed E-state index contributed by atoms with van der Waals surface area (Å²) in [5, 5.41) is 8.92. The van der Waals surface area contributed by atoms with Crippen LogP contribution >= 0.6 is 0 Å². The quantitative estimate of drug-likeness (QED) is 0.846. The monoisotopic (exact) mass is 263 g/mol. The third kappa shape index (κ3) is 3.01. The van der Waals surface area contributed by atoms with Gasteiger partial charge in [-0.25, -0.2) is 14.7 Å². The Morgan fingerprint density at radius 1 is 1.58 bits per heavy atom. The first-order valence-corrected chi connectivity index (χ1v) is 6.39. The van der Waals surface area contributed by atoms with Crippen LogP contribution in [0.3, 0.4) is 0 Å². The van der Waals surface area contributed by atoms with E-state index in [1.54, 1.807) is 12.4 Å². The van der Waals surface area contributed by atoms with Gasteiger partial charge < -0.3 is 9.67 Å². The molecular formula is C13H17N3O3. The van der Waals surface area contributed by atoms with Gasteiger partial charge in [0.05, 0.1) is 12.0 Å². The number of carbonyl (C=O) groups excluding carboxylic acids is 1. The zero-order valence-electron chi connectivity index (χ0n) is 10.9. The number of imide groups is 1. The minimum absolute atomic E-state index is 0.274. The Kier molecular flexibility index (Phi) is 3.99. The van der Waals surface area contributed by atoms with E-state index in [9.17, 15) is 9.59 Å². The van der Waals surface area contributed by atoms with Crippen LogP contribution in [-0.2, 0) is 11.3 Å². The van der Waals surface area contributed by atoms with E-state index >= 15 is 0 Å². The van der Waals surface area contributed by atoms with E-state index in [1.807, 2.05) is 10.8 Å². The Bertz CT molecular complexity index is 519. The van der Waals surface area contributed by atoms with Gasteiger partial charge >= 0.3 is 6.09 Å². The van der Waals surface area contributed by atoms with Gasteiger partial charge in [-0.3, -0.25) is 4.79 Å². The van der Waals surface area contributed by atoms with Crippen LogP contribution < -0.4 is 0 Å². The predicted octanol–water partition coefficient (Wildman–Crippen LogP) is 1.98. The molecule has 0 bridgehead atoms. The highest BCUT2D eigenvalue weighted by molar-refractivity contribution is 6.05. The molecule has 0 radical (unpaired) electrons. The SMILES string of the molecule is CCCn1cnc(/C=C2\CCCN(C(=O)O)C2=O)c1. The summed E-state index contributed by atoms with van der Waals surface area (Å²) >= 11 is 0. The van der Waals surface area contributed by atoms with Crippen LogP contribution in [0.15, 0.2) is 18.1 Å². The van der Waals surface area contributed by atoms with E-state index in [-0.39, 0.29) is 6.54 Å². The number of aryl methyl sites for hydroxylation is 1. The summed E-state index contributed by atoms with van der Waals surface area (Å²) in [4.78, 5) is 27.9. The second-order valence-corrected chi connectivity index (χ2v) is 4.55. The number of imidazole rings is 1. The number of carbonyl (C=O) groups is 2. The molecule has 1 saturated heterocycles. The Balaban J connectivity index is 2.17. The fourth-order valence-corrected chi connectivity index (χ4v) is 2.14. The van der Waals surface area contributed by atoms with Crippen LogP contribution in [0.4, 0.5) is 4.79 Å². The van der Waals surface area contributed by atoms with Gasteiger partial charge in [-0.05, 0) is 25.3 Å². The molecule has 102 valence electrons. The van der Waals surface area contributed by atoms with E-state index < -0.39 is 12.0 Å². The number of carboxylic acid groups (broad SMARTS) is 1. The third-order valence-electron chi connectivity index (χ3n) is 3.04. The zero-order valence-corrected chi connectivity index (χ0v) is 10.9. The molecule has 19 heavy (non-hydrogen) atoms. The summed E-state index contributed by atoms with van der Waals surface area (Å²) < 4.78 is 1.95. The molecule has 2 amide bonds. The van der Waals surface area contributed by atoms with E-state index in [0.29, 0.717) is 24.1 Å². The highest BCUT2D eigenvalue weighted by Crippen LogP contribution is 2.19. The number of rotatable bonds is 3. The van der Waals surface area contributed by atoms with Gasteiger partial charge in [-0.2, -0.15) is 0 Å². The molecule has 0 aliphatic carbocycles. The van der Waals surface area contributed by atoms with Crippen LogP contribution in [0.25, 0.3) is 6.08 Å². The minimum Gasteiger partial charge on any atom is -0.465 e. The lowest BCUT2D eigenvalue weighted by Gasteiger charge is -2.23. The number of aromatic nitrogens is 2. The van der Waals surface area contributed by atoms with Crippen molar-refractivity contribution in [1.82, 2.24) is 14.5 Å². The lowest BCUT2D eigenvalue weighted by atomic mass is 10.0. The molecule has 0 unspecified atom stereocenters. The first-order valence-electron chi connectivity index (χ1n) is 6.39. The molecule has 6 nitrogen and oxygen atoms in total. The lowest BCUT2D eigenvalue weighted by Crippen LogP contribution is -2.40. The molecule has 1 aromatic heterocycles. The number of piperidine rings is 1. The molecule has 0 spiro atoms. The van der Waals surface area contributed by atoms with Gasteiger partial charge in [0.25, 0.3) is 5.91 Å². The third-order valence-corrected chi connectivity index (χ3v) is 3.04. The molecule has 2 heterocycles. The van der Waals surface area contributed by atoms with Crippen molar-refractivity contribution in [2.24, 2.45) is 0 Å². The first kappa shape index (κ1) is 13.3. The lowest BCUT2D eigenvalue weighted by molar-refractivity contribution is -0.126. The van der Waals surface area contributed by atoms with E-state index in [0.717, 1.165) is 17.9 Å². The summed E-state index contributed by atoms with van der Waals surface area (Å²) in [6.07, 6.45) is 6.36. The molecule has 1 aromatic rings. The van der Waals surface area contributed by atoms with Crippen LogP contribution in [0.5, 0.6) is 0 Å². The van der Waals surface area contributed by atoms with Crippen molar-refractivity contribution in [3.05, 3.63) is 23.8 Å². The molecule has 0 atom stereocenters. The topological polar surface area (TPSA) is 75.4 Å². The van der Waals surface area contributed by atoms with Crippen molar-refractivity contribution in [2.45, 2.75) is 32.7 Å². The van der Waals surface area contributed by atoms with Gasteiger partial charge in [-0.1, -0.05) is 6.92 Å². The number of likely N-dealkylation sites (tertiary alicyclic amines) is 1. The molecule has 1 aliphatic heterocycles. The molecule has 6 heteroatoms. The molecule has 1 N–H and O–H groups in total. The highest BCUT2D eigenvalue weighted by Gasteiger charge is 2.27. The van der Waals surface area contributed by atoms with Crippen molar-refractivity contribution in [3.63, 3.8) is 0 Å². The largest absolute Gasteiger partial charge is 0.465 e. The Morgan fingerprint density at radius 2 is 2.37 bits per heavy atom. The smallest absolute Gasteiger partial charge is 0.414 e. The average molecular weight is 263 g/mol. The first-order chi connectivity index (χ1) is 9.11. The van der Waals surface area contributed by atoms with Gasteiger partial charge in [-0.15, -0.1) is 0 Å². The summed E-state index contributed by atoms with van der Waals surface area (Å²) in [5.41, 5.74) is 1.21. The van der Waals surface area contributed by atoms with Crippen molar-refractivity contribution >= 4 is 18.1 Å². The van der Waals surface area contributed by atoms with Crippen LogP contribution in [0.1, 0.15) is 31.9 Å². The summed E-state index contributed by atoms with van der Waals surface area (Å²) in [6.45, 7) is 3.23. The second-order valence-electron chi connectivity index (χ2n) is 4.55. The van der Waals surface area contributed by atoms with Crippen molar-refractivity contribution < 1.29 is 14.7 Å². The van der Waals surface area contributed by atoms with E-state index in [1.165, 1.54) is 0 Å². The molecular weight excluding hydrogens is 246 g/mol. The van der Waals surface area contributed by atoms with Crippen LogP contribution in [0.2, 0.25) is 0 Å². The summed E-state index contributed by atoms with van der Waals surface area (Å²) in [7, 11) is 0. The Labute approximate surface area is 111 Å². The number of amides is 2. The van der Waals surface area contributed by atoms with Crippen molar-refractivity contribution in [1.29, 1.82) is 0 Å². The molecule has 2 rings (SSSR count). The molecule has 1 aliphatic rings. The zero-order chi connectivity index (χ0) is 13.8. The minimum atomic E-state index is -1.19. The molecule has 0 aromatic carbocycles. The predicted molar refractivity (Wildman–Crippen MR) is 69.5 cm³/mol. The van der Waals surface area contributed by atoms with Gasteiger partial charge in [0.15, 0.2) is 0 Å². The highest BCUT2D eigenvalue weighted by atomic mass is 16.4. The Morgan fingerprint density at radius 3 is 3.05 bits per heavy atom. The van der Waals surface area contributed by atoms with Crippen molar-refractivity contribution in [3.8, 4) is 0 Å². The number of hydrogen-bond acceptors (Lipinski definition) is 3. The Hall–Kier alpha value is -2.11. The van der Waals surface area contributed by atoms with E-state index in [2.05, 4.69) is 11.9 Å². The van der Waals surface area contributed by atoms with Gasteiger partial charge in [0, 0.05) is 24.9 Å². The maximum absolute atomic E-state index is 11.9. The number of nitrogens with zero attached hydrogens (tertiary/aromatic N) is 3. The fraction of sp³-hybridized carbons (Fsp3) is 0.462. The normalized spacial score (nSPS) is 18.1. The summed E-state index contributed by atoms with van der Waals surface area (Å²) in [6, 6.07) is 0. The molecule has 1 fully saturated rings. The second kappa shape index (κ2) is 5.69. The van der Waals surface area contributed by atoms with Gasteiger partial charge in [0.2, 0.25) is 0 Å². The van der Waals surface area contributed by atoms with Gasteiger partial charge in [0.1, 0.15) is 0 Å².